The number of rotatable bonds is 2. The van der Waals surface area contributed by atoms with Gasteiger partial charge in [0.1, 0.15) is 5.52 Å². The standard InChI is InChI=1S/C9H12N4/c1-7(2)6-13-9-3-4-10-5-8(9)11-12-13/h3-5,7H,6H2,1-2H3. The largest absolute Gasteiger partial charge is 0.262 e. The van der Waals surface area contributed by atoms with Gasteiger partial charge in [0.25, 0.3) is 0 Å². The number of aromatic nitrogens is 4. The highest BCUT2D eigenvalue weighted by Crippen LogP contribution is 2.09. The molecule has 0 bridgehead atoms. The van der Waals surface area contributed by atoms with Gasteiger partial charge in [-0.3, -0.25) is 4.98 Å². The molecule has 2 aromatic heterocycles. The maximum Gasteiger partial charge on any atom is 0.131 e. The summed E-state index contributed by atoms with van der Waals surface area (Å²) in [6.45, 7) is 5.23. The SMILES string of the molecule is CC(C)Cn1nnc2cnccc21. The fourth-order valence-electron chi connectivity index (χ4n) is 1.31. The normalized spacial score (nSPS) is 11.3. The van der Waals surface area contributed by atoms with Crippen LogP contribution in [0.15, 0.2) is 18.5 Å². The Labute approximate surface area is 76.6 Å². The van der Waals surface area contributed by atoms with E-state index in [1.807, 2.05) is 10.7 Å². The average molecular weight is 176 g/mol. The van der Waals surface area contributed by atoms with Crippen molar-refractivity contribution in [3.63, 3.8) is 0 Å². The Morgan fingerprint density at radius 3 is 3.08 bits per heavy atom. The highest BCUT2D eigenvalue weighted by Gasteiger charge is 2.04. The maximum absolute atomic E-state index is 4.06. The highest BCUT2D eigenvalue weighted by atomic mass is 15.4. The first-order chi connectivity index (χ1) is 6.27. The van der Waals surface area contributed by atoms with Gasteiger partial charge in [0, 0.05) is 12.7 Å². The minimum Gasteiger partial charge on any atom is -0.262 e. The number of fused-ring (bicyclic) bond motifs is 1. The van der Waals surface area contributed by atoms with E-state index in [4.69, 9.17) is 0 Å². The Morgan fingerprint density at radius 1 is 1.46 bits per heavy atom. The van der Waals surface area contributed by atoms with Gasteiger partial charge < -0.3 is 0 Å². The Bertz CT molecular complexity index is 405. The van der Waals surface area contributed by atoms with Crippen molar-refractivity contribution >= 4 is 11.0 Å². The third kappa shape index (κ3) is 1.52. The molecule has 0 aliphatic heterocycles. The second kappa shape index (κ2) is 3.12. The number of hydrogen-bond acceptors (Lipinski definition) is 3. The van der Waals surface area contributed by atoms with E-state index in [0.717, 1.165) is 17.6 Å². The molecule has 0 spiro atoms. The quantitative estimate of drug-likeness (QED) is 0.696. The molecule has 2 rings (SSSR count). The van der Waals surface area contributed by atoms with Crippen molar-refractivity contribution in [1.82, 2.24) is 20.0 Å². The fraction of sp³-hybridized carbons (Fsp3) is 0.444. The van der Waals surface area contributed by atoms with Crippen molar-refractivity contribution in [3.8, 4) is 0 Å². The summed E-state index contributed by atoms with van der Waals surface area (Å²) in [7, 11) is 0. The van der Waals surface area contributed by atoms with E-state index in [1.54, 1.807) is 12.4 Å². The Hall–Kier alpha value is -1.45. The van der Waals surface area contributed by atoms with Crippen LogP contribution in [0.2, 0.25) is 0 Å². The monoisotopic (exact) mass is 176 g/mol. The number of pyridine rings is 1. The van der Waals surface area contributed by atoms with Crippen LogP contribution in [-0.2, 0) is 6.54 Å². The summed E-state index contributed by atoms with van der Waals surface area (Å²) in [6, 6.07) is 1.94. The lowest BCUT2D eigenvalue weighted by molar-refractivity contribution is 0.483. The van der Waals surface area contributed by atoms with Crippen LogP contribution >= 0.6 is 0 Å². The van der Waals surface area contributed by atoms with Crippen LogP contribution < -0.4 is 0 Å². The van der Waals surface area contributed by atoms with E-state index >= 15 is 0 Å². The molecule has 2 heterocycles. The summed E-state index contributed by atoms with van der Waals surface area (Å²) in [4.78, 5) is 3.99. The summed E-state index contributed by atoms with van der Waals surface area (Å²) in [5, 5.41) is 8.08. The molecule has 4 heteroatoms. The molecular formula is C9H12N4. The van der Waals surface area contributed by atoms with Crippen LogP contribution in [-0.4, -0.2) is 20.0 Å². The van der Waals surface area contributed by atoms with Gasteiger partial charge in [-0.15, -0.1) is 5.10 Å². The molecule has 0 amide bonds. The molecule has 0 radical (unpaired) electrons. The van der Waals surface area contributed by atoms with Crippen molar-refractivity contribution in [2.24, 2.45) is 5.92 Å². The molecule has 0 saturated heterocycles. The van der Waals surface area contributed by atoms with Gasteiger partial charge in [-0.25, -0.2) is 4.68 Å². The molecule has 2 aromatic rings. The van der Waals surface area contributed by atoms with Crippen LogP contribution in [0, 0.1) is 5.92 Å². The third-order valence-corrected chi connectivity index (χ3v) is 1.85. The second-order valence-corrected chi connectivity index (χ2v) is 3.53. The zero-order chi connectivity index (χ0) is 9.26. The summed E-state index contributed by atoms with van der Waals surface area (Å²) in [5.41, 5.74) is 1.92. The zero-order valence-corrected chi connectivity index (χ0v) is 7.81. The average Bonchev–Trinajstić information content (AvgIpc) is 2.48. The van der Waals surface area contributed by atoms with Gasteiger partial charge in [-0.2, -0.15) is 0 Å². The van der Waals surface area contributed by atoms with E-state index in [1.165, 1.54) is 0 Å². The first-order valence-electron chi connectivity index (χ1n) is 4.40. The van der Waals surface area contributed by atoms with Crippen LogP contribution in [0.4, 0.5) is 0 Å². The lowest BCUT2D eigenvalue weighted by Crippen LogP contribution is -2.05. The predicted octanol–water partition coefficient (Wildman–Crippen LogP) is 1.48. The molecule has 0 fully saturated rings. The Morgan fingerprint density at radius 2 is 2.31 bits per heavy atom. The van der Waals surface area contributed by atoms with Gasteiger partial charge in [0.2, 0.25) is 0 Å². The van der Waals surface area contributed by atoms with Gasteiger partial charge >= 0.3 is 0 Å². The Kier molecular flexibility index (Phi) is 1.96. The maximum atomic E-state index is 4.06. The highest BCUT2D eigenvalue weighted by molar-refractivity contribution is 5.72. The third-order valence-electron chi connectivity index (χ3n) is 1.85. The molecule has 0 aliphatic rings. The van der Waals surface area contributed by atoms with Gasteiger partial charge in [0.15, 0.2) is 0 Å². The van der Waals surface area contributed by atoms with Crippen molar-refractivity contribution in [1.29, 1.82) is 0 Å². The van der Waals surface area contributed by atoms with Crippen LogP contribution in [0.25, 0.3) is 11.0 Å². The van der Waals surface area contributed by atoms with E-state index in [9.17, 15) is 0 Å². The fourth-order valence-corrected chi connectivity index (χ4v) is 1.31. The van der Waals surface area contributed by atoms with Gasteiger partial charge in [-0.05, 0) is 12.0 Å². The van der Waals surface area contributed by atoms with Gasteiger partial charge in [0.05, 0.1) is 11.7 Å². The summed E-state index contributed by atoms with van der Waals surface area (Å²) < 4.78 is 1.92. The molecule has 13 heavy (non-hydrogen) atoms. The summed E-state index contributed by atoms with van der Waals surface area (Å²) >= 11 is 0. The minimum absolute atomic E-state index is 0.582. The molecule has 0 unspecified atom stereocenters. The minimum atomic E-state index is 0.582. The molecule has 4 nitrogen and oxygen atoms in total. The van der Waals surface area contributed by atoms with E-state index in [-0.39, 0.29) is 0 Å². The molecule has 0 atom stereocenters. The van der Waals surface area contributed by atoms with Crippen molar-refractivity contribution in [2.45, 2.75) is 20.4 Å². The van der Waals surface area contributed by atoms with Crippen molar-refractivity contribution < 1.29 is 0 Å². The first-order valence-corrected chi connectivity index (χ1v) is 4.40. The Balaban J connectivity index is 2.46. The second-order valence-electron chi connectivity index (χ2n) is 3.53. The molecule has 0 saturated carbocycles. The van der Waals surface area contributed by atoms with E-state index in [0.29, 0.717) is 5.92 Å². The van der Waals surface area contributed by atoms with Crippen molar-refractivity contribution in [3.05, 3.63) is 18.5 Å². The van der Waals surface area contributed by atoms with Crippen LogP contribution in [0.3, 0.4) is 0 Å². The van der Waals surface area contributed by atoms with Crippen LogP contribution in [0.1, 0.15) is 13.8 Å². The molecule has 68 valence electrons. The summed E-state index contributed by atoms with van der Waals surface area (Å²) in [5.74, 6) is 0.582. The number of nitrogens with zero attached hydrogens (tertiary/aromatic N) is 4. The topological polar surface area (TPSA) is 43.6 Å². The van der Waals surface area contributed by atoms with Gasteiger partial charge in [-0.1, -0.05) is 19.1 Å². The molecule has 0 aromatic carbocycles. The van der Waals surface area contributed by atoms with E-state index < -0.39 is 0 Å². The number of hydrogen-bond donors (Lipinski definition) is 0. The van der Waals surface area contributed by atoms with E-state index in [2.05, 4.69) is 29.1 Å². The molecule has 0 N–H and O–H groups in total. The first kappa shape index (κ1) is 8.16. The lowest BCUT2D eigenvalue weighted by Gasteiger charge is -2.03. The summed E-state index contributed by atoms with van der Waals surface area (Å²) in [6.07, 6.45) is 3.50. The lowest BCUT2D eigenvalue weighted by atomic mass is 10.2. The van der Waals surface area contributed by atoms with Crippen LogP contribution in [0.5, 0.6) is 0 Å². The zero-order valence-electron chi connectivity index (χ0n) is 7.81. The van der Waals surface area contributed by atoms with Crippen molar-refractivity contribution in [2.75, 3.05) is 0 Å². The molecule has 0 aliphatic carbocycles. The predicted molar refractivity (Wildman–Crippen MR) is 50.2 cm³/mol. The smallest absolute Gasteiger partial charge is 0.131 e. The molecular weight excluding hydrogens is 164 g/mol.